The molecule has 0 atom stereocenters. The predicted molar refractivity (Wildman–Crippen MR) is 76.6 cm³/mol. The largest absolute Gasteiger partial charge is 0.472 e. The van der Waals surface area contributed by atoms with Crippen molar-refractivity contribution in [2.75, 3.05) is 0 Å². The van der Waals surface area contributed by atoms with Gasteiger partial charge in [0.25, 0.3) is 5.91 Å². The van der Waals surface area contributed by atoms with Gasteiger partial charge in [0.2, 0.25) is 0 Å². The third-order valence-electron chi connectivity index (χ3n) is 2.96. The zero-order valence-electron chi connectivity index (χ0n) is 10.5. The summed E-state index contributed by atoms with van der Waals surface area (Å²) in [5.74, 6) is -0.265. The van der Waals surface area contributed by atoms with Crippen LogP contribution >= 0.6 is 11.6 Å². The molecule has 3 rings (SSSR count). The van der Waals surface area contributed by atoms with Crippen molar-refractivity contribution in [3.63, 3.8) is 0 Å². The highest BCUT2D eigenvalue weighted by atomic mass is 35.5. The number of furan rings is 1. The van der Waals surface area contributed by atoms with Gasteiger partial charge >= 0.3 is 0 Å². The summed E-state index contributed by atoms with van der Waals surface area (Å²) in [4.78, 5) is 16.2. The Labute approximate surface area is 120 Å². The number of nitrogens with zero attached hydrogens (tertiary/aromatic N) is 1. The minimum absolute atomic E-state index is 0.265. The molecule has 3 aromatic rings. The van der Waals surface area contributed by atoms with Crippen LogP contribution in [0.15, 0.2) is 53.3 Å². The smallest absolute Gasteiger partial charge is 0.270 e. The van der Waals surface area contributed by atoms with E-state index in [0.29, 0.717) is 17.4 Å². The zero-order chi connectivity index (χ0) is 13.9. The maximum absolute atomic E-state index is 12.1. The minimum atomic E-state index is -0.265. The van der Waals surface area contributed by atoms with Gasteiger partial charge in [0, 0.05) is 17.5 Å². The summed E-state index contributed by atoms with van der Waals surface area (Å²) < 4.78 is 4.94. The molecule has 4 nitrogen and oxygen atoms in total. The molecule has 0 fully saturated rings. The molecule has 5 heteroatoms. The molecule has 20 heavy (non-hydrogen) atoms. The lowest BCUT2D eigenvalue weighted by Gasteiger charge is -2.06. The summed E-state index contributed by atoms with van der Waals surface area (Å²) in [5, 5.41) is 4.83. The monoisotopic (exact) mass is 286 g/mol. The number of nitrogens with one attached hydrogen (secondary N) is 1. The molecule has 2 heterocycles. The number of carbonyl (C=O) groups is 1. The molecule has 100 valence electrons. The van der Waals surface area contributed by atoms with Crippen LogP contribution in [0.3, 0.4) is 0 Å². The summed E-state index contributed by atoms with van der Waals surface area (Å²) in [5.41, 5.74) is 1.20. The molecule has 0 aliphatic heterocycles. The third kappa shape index (κ3) is 2.51. The van der Waals surface area contributed by atoms with Crippen molar-refractivity contribution >= 4 is 28.3 Å². The van der Waals surface area contributed by atoms with E-state index < -0.39 is 0 Å². The van der Waals surface area contributed by atoms with Crippen LogP contribution in [-0.2, 0) is 6.54 Å². The van der Waals surface area contributed by atoms with E-state index in [1.165, 1.54) is 0 Å². The van der Waals surface area contributed by atoms with E-state index >= 15 is 0 Å². The maximum atomic E-state index is 12.1. The van der Waals surface area contributed by atoms with Gasteiger partial charge in [-0.3, -0.25) is 4.79 Å². The number of amides is 1. The van der Waals surface area contributed by atoms with E-state index in [2.05, 4.69) is 10.3 Å². The number of hydrogen-bond acceptors (Lipinski definition) is 3. The molecular formula is C15H11ClN2O2. The standard InChI is InChI=1S/C15H11ClN2O2/c16-14-12-4-2-1-3-11(12)7-13(18-14)15(19)17-8-10-5-6-20-9-10/h1-7,9H,8H2,(H,17,19). The van der Waals surface area contributed by atoms with Crippen LogP contribution in [-0.4, -0.2) is 10.9 Å². The van der Waals surface area contributed by atoms with Crippen LogP contribution in [0.4, 0.5) is 0 Å². The average Bonchev–Trinajstić information content (AvgIpc) is 2.98. The van der Waals surface area contributed by atoms with Crippen molar-refractivity contribution < 1.29 is 9.21 Å². The van der Waals surface area contributed by atoms with Gasteiger partial charge < -0.3 is 9.73 Å². The van der Waals surface area contributed by atoms with Crippen LogP contribution in [0.25, 0.3) is 10.8 Å². The first kappa shape index (κ1) is 12.7. The molecule has 0 aliphatic rings. The van der Waals surface area contributed by atoms with Crippen molar-refractivity contribution in [2.24, 2.45) is 0 Å². The molecule has 0 bridgehead atoms. The van der Waals surface area contributed by atoms with Crippen molar-refractivity contribution in [3.8, 4) is 0 Å². The highest BCUT2D eigenvalue weighted by molar-refractivity contribution is 6.34. The van der Waals surface area contributed by atoms with Crippen LogP contribution < -0.4 is 5.32 Å². The molecule has 0 radical (unpaired) electrons. The van der Waals surface area contributed by atoms with Crippen LogP contribution in [0.2, 0.25) is 5.15 Å². The molecule has 2 aromatic heterocycles. The second-order valence-corrected chi connectivity index (χ2v) is 4.69. The molecule has 0 spiro atoms. The third-order valence-corrected chi connectivity index (χ3v) is 3.25. The fourth-order valence-corrected chi connectivity index (χ4v) is 2.20. The topological polar surface area (TPSA) is 55.1 Å². The maximum Gasteiger partial charge on any atom is 0.270 e. The van der Waals surface area contributed by atoms with E-state index in [4.69, 9.17) is 16.0 Å². The number of fused-ring (bicyclic) bond motifs is 1. The minimum Gasteiger partial charge on any atom is -0.472 e. The summed E-state index contributed by atoms with van der Waals surface area (Å²) in [6.45, 7) is 0.390. The van der Waals surface area contributed by atoms with E-state index in [1.807, 2.05) is 24.3 Å². The van der Waals surface area contributed by atoms with Gasteiger partial charge in [0.1, 0.15) is 10.8 Å². The Hall–Kier alpha value is -2.33. The summed E-state index contributed by atoms with van der Waals surface area (Å²) in [6.07, 6.45) is 3.15. The van der Waals surface area contributed by atoms with Gasteiger partial charge in [-0.05, 0) is 17.5 Å². The second kappa shape index (κ2) is 5.35. The van der Waals surface area contributed by atoms with Gasteiger partial charge in [-0.1, -0.05) is 35.9 Å². The number of carbonyl (C=O) groups excluding carboxylic acids is 1. The van der Waals surface area contributed by atoms with Gasteiger partial charge in [0.15, 0.2) is 0 Å². The molecule has 1 amide bonds. The Morgan fingerprint density at radius 1 is 1.30 bits per heavy atom. The molecule has 0 saturated carbocycles. The lowest BCUT2D eigenvalue weighted by Crippen LogP contribution is -2.23. The quantitative estimate of drug-likeness (QED) is 0.751. The Balaban J connectivity index is 1.84. The summed E-state index contributed by atoms with van der Waals surface area (Å²) in [6, 6.07) is 11.1. The SMILES string of the molecule is O=C(NCc1ccoc1)c1cc2ccccc2c(Cl)n1. The molecule has 0 saturated heterocycles. The Kier molecular flexibility index (Phi) is 3.39. The van der Waals surface area contributed by atoms with Gasteiger partial charge in [-0.25, -0.2) is 4.98 Å². The molecule has 0 unspecified atom stereocenters. The van der Waals surface area contributed by atoms with Crippen molar-refractivity contribution in [2.45, 2.75) is 6.54 Å². The fourth-order valence-electron chi connectivity index (χ4n) is 1.94. The number of halogens is 1. The highest BCUT2D eigenvalue weighted by Crippen LogP contribution is 2.22. The molecule has 0 aliphatic carbocycles. The van der Waals surface area contributed by atoms with Crippen molar-refractivity contribution in [3.05, 3.63) is 65.3 Å². The molecule has 1 aromatic carbocycles. The van der Waals surface area contributed by atoms with E-state index in [-0.39, 0.29) is 5.91 Å². The van der Waals surface area contributed by atoms with Gasteiger partial charge in [0.05, 0.1) is 12.5 Å². The number of hydrogen-bond donors (Lipinski definition) is 1. The lowest BCUT2D eigenvalue weighted by atomic mass is 10.1. The number of benzene rings is 1. The Bertz CT molecular complexity index is 754. The first-order chi connectivity index (χ1) is 9.74. The van der Waals surface area contributed by atoms with E-state index in [9.17, 15) is 4.79 Å². The number of rotatable bonds is 3. The normalized spacial score (nSPS) is 10.7. The van der Waals surface area contributed by atoms with Crippen LogP contribution in [0, 0.1) is 0 Å². The highest BCUT2D eigenvalue weighted by Gasteiger charge is 2.11. The van der Waals surface area contributed by atoms with Crippen LogP contribution in [0.1, 0.15) is 16.1 Å². The van der Waals surface area contributed by atoms with Crippen molar-refractivity contribution in [1.82, 2.24) is 10.3 Å². The average molecular weight is 287 g/mol. The molecular weight excluding hydrogens is 276 g/mol. The van der Waals surface area contributed by atoms with E-state index in [1.54, 1.807) is 24.7 Å². The fraction of sp³-hybridized carbons (Fsp3) is 0.0667. The second-order valence-electron chi connectivity index (χ2n) is 4.33. The lowest BCUT2D eigenvalue weighted by molar-refractivity contribution is 0.0946. The predicted octanol–water partition coefficient (Wildman–Crippen LogP) is 3.41. The Morgan fingerprint density at radius 2 is 2.15 bits per heavy atom. The van der Waals surface area contributed by atoms with E-state index in [0.717, 1.165) is 16.3 Å². The van der Waals surface area contributed by atoms with Gasteiger partial charge in [-0.15, -0.1) is 0 Å². The zero-order valence-corrected chi connectivity index (χ0v) is 11.2. The van der Waals surface area contributed by atoms with Crippen molar-refractivity contribution in [1.29, 1.82) is 0 Å². The molecule has 1 N–H and O–H groups in total. The first-order valence-corrected chi connectivity index (χ1v) is 6.46. The Morgan fingerprint density at radius 3 is 2.95 bits per heavy atom. The number of pyridine rings is 1. The number of aromatic nitrogens is 1. The summed E-state index contributed by atoms with van der Waals surface area (Å²) >= 11 is 6.10. The summed E-state index contributed by atoms with van der Waals surface area (Å²) in [7, 11) is 0. The first-order valence-electron chi connectivity index (χ1n) is 6.08. The van der Waals surface area contributed by atoms with Gasteiger partial charge in [-0.2, -0.15) is 0 Å². The van der Waals surface area contributed by atoms with Crippen LogP contribution in [0.5, 0.6) is 0 Å².